The molecule has 26 heavy (non-hydrogen) atoms. The van der Waals surface area contributed by atoms with Crippen molar-refractivity contribution < 1.29 is 14.3 Å². The van der Waals surface area contributed by atoms with Crippen LogP contribution in [0, 0.1) is 0 Å². The molecule has 1 N–H and O–H groups in total. The molecule has 1 aliphatic heterocycles. The summed E-state index contributed by atoms with van der Waals surface area (Å²) >= 11 is 3.37. The molecule has 0 bridgehead atoms. The number of rotatable bonds is 5. The normalized spacial score (nSPS) is 14.1. The number of nitrogens with one attached hydrogen (secondary N) is 1. The number of nitrogens with zero attached hydrogens (tertiary/aromatic N) is 2. The smallest absolute Gasteiger partial charge is 0.265 e. The molecule has 2 aromatic carbocycles. The van der Waals surface area contributed by atoms with Gasteiger partial charge in [-0.3, -0.25) is 14.5 Å². The molecule has 0 unspecified atom stereocenters. The second-order valence-corrected chi connectivity index (χ2v) is 6.39. The van der Waals surface area contributed by atoms with Crippen LogP contribution in [0.15, 0.2) is 64.2 Å². The highest BCUT2D eigenvalue weighted by atomic mass is 79.9. The number of anilines is 1. The summed E-state index contributed by atoms with van der Waals surface area (Å²) in [4.78, 5) is 25.5. The molecule has 0 saturated heterocycles. The van der Waals surface area contributed by atoms with Crippen LogP contribution >= 0.6 is 15.9 Å². The maximum atomic E-state index is 12.1. The predicted octanol–water partition coefficient (Wildman–Crippen LogP) is 2.95. The van der Waals surface area contributed by atoms with Gasteiger partial charge in [-0.25, -0.2) is 5.43 Å². The summed E-state index contributed by atoms with van der Waals surface area (Å²) < 4.78 is 6.06. The molecule has 0 radical (unpaired) electrons. The van der Waals surface area contributed by atoms with E-state index < -0.39 is 5.91 Å². The zero-order chi connectivity index (χ0) is 18.4. The van der Waals surface area contributed by atoms with Crippen molar-refractivity contribution in [1.29, 1.82) is 0 Å². The van der Waals surface area contributed by atoms with Crippen molar-refractivity contribution in [2.24, 2.45) is 5.10 Å². The maximum absolute atomic E-state index is 12.1. The molecule has 0 aromatic heterocycles. The van der Waals surface area contributed by atoms with Crippen molar-refractivity contribution in [3.05, 3.63) is 64.6 Å². The van der Waals surface area contributed by atoms with Gasteiger partial charge in [-0.2, -0.15) is 5.10 Å². The molecule has 2 amide bonds. The number of hydrazone groups is 1. The quantitative estimate of drug-likeness (QED) is 0.604. The van der Waals surface area contributed by atoms with Crippen LogP contribution in [0.3, 0.4) is 0 Å². The van der Waals surface area contributed by atoms with E-state index in [9.17, 15) is 9.59 Å². The number of allylic oxidation sites excluding steroid dienone is 1. The number of carbonyl (C=O) groups excluding carboxylic acids is 2. The van der Waals surface area contributed by atoms with E-state index in [1.807, 2.05) is 42.5 Å². The van der Waals surface area contributed by atoms with Crippen LogP contribution in [-0.2, 0) is 9.59 Å². The largest absolute Gasteiger partial charge is 0.482 e. The van der Waals surface area contributed by atoms with Gasteiger partial charge in [-0.05, 0) is 39.7 Å². The summed E-state index contributed by atoms with van der Waals surface area (Å²) in [6.07, 6.45) is 3.36. The van der Waals surface area contributed by atoms with Crippen molar-refractivity contribution in [3.63, 3.8) is 0 Å². The molecule has 132 valence electrons. The van der Waals surface area contributed by atoms with Crippen LogP contribution in [0.5, 0.6) is 5.75 Å². The number of carbonyl (C=O) groups is 2. The van der Waals surface area contributed by atoms with E-state index in [0.717, 1.165) is 5.56 Å². The second kappa shape index (κ2) is 8.44. The number of amides is 2. The summed E-state index contributed by atoms with van der Waals surface area (Å²) in [6, 6.07) is 16.8. The summed E-state index contributed by atoms with van der Waals surface area (Å²) in [5, 5.41) is 3.90. The highest BCUT2D eigenvalue weighted by molar-refractivity contribution is 9.12. The van der Waals surface area contributed by atoms with Gasteiger partial charge in [-0.15, -0.1) is 0 Å². The molecule has 0 fully saturated rings. The average molecular weight is 414 g/mol. The first kappa shape index (κ1) is 17.9. The third kappa shape index (κ3) is 4.58. The SMILES string of the molecule is O=C(CN1C(=O)COc2ccccc21)N/N=C\C(Br)=C\c1ccccc1. The van der Waals surface area contributed by atoms with Gasteiger partial charge in [0, 0.05) is 4.48 Å². The number of hydrogen-bond donors (Lipinski definition) is 1. The van der Waals surface area contributed by atoms with E-state index in [0.29, 0.717) is 15.9 Å². The molecule has 0 saturated carbocycles. The Morgan fingerprint density at radius 2 is 1.92 bits per heavy atom. The first-order valence-electron chi connectivity index (χ1n) is 7.90. The number of fused-ring (bicyclic) bond motifs is 1. The zero-order valence-corrected chi connectivity index (χ0v) is 15.3. The topological polar surface area (TPSA) is 71.0 Å². The van der Waals surface area contributed by atoms with Crippen LogP contribution in [0.25, 0.3) is 6.08 Å². The predicted molar refractivity (Wildman–Crippen MR) is 104 cm³/mol. The fourth-order valence-corrected chi connectivity index (χ4v) is 2.78. The molecular weight excluding hydrogens is 398 g/mol. The number of ether oxygens (including phenoxy) is 1. The van der Waals surface area contributed by atoms with Gasteiger partial charge in [0.15, 0.2) is 6.61 Å². The molecule has 3 rings (SSSR count). The molecule has 0 spiro atoms. The Morgan fingerprint density at radius 1 is 1.19 bits per heavy atom. The lowest BCUT2D eigenvalue weighted by Crippen LogP contribution is -2.44. The Labute approximate surface area is 159 Å². The lowest BCUT2D eigenvalue weighted by molar-refractivity contribution is -0.125. The zero-order valence-electron chi connectivity index (χ0n) is 13.8. The lowest BCUT2D eigenvalue weighted by atomic mass is 10.2. The van der Waals surface area contributed by atoms with Gasteiger partial charge >= 0.3 is 0 Å². The monoisotopic (exact) mass is 413 g/mol. The maximum Gasteiger partial charge on any atom is 0.265 e. The summed E-state index contributed by atoms with van der Waals surface area (Å²) in [6.45, 7) is -0.213. The van der Waals surface area contributed by atoms with Gasteiger partial charge < -0.3 is 4.74 Å². The van der Waals surface area contributed by atoms with E-state index >= 15 is 0 Å². The Bertz CT molecular complexity index is 865. The van der Waals surface area contributed by atoms with E-state index in [4.69, 9.17) is 4.74 Å². The van der Waals surface area contributed by atoms with Crippen LogP contribution < -0.4 is 15.1 Å². The first-order valence-corrected chi connectivity index (χ1v) is 8.69. The van der Waals surface area contributed by atoms with E-state index in [-0.39, 0.29) is 19.1 Å². The van der Waals surface area contributed by atoms with Gasteiger partial charge in [0.25, 0.3) is 11.8 Å². The van der Waals surface area contributed by atoms with Crippen LogP contribution in [0.4, 0.5) is 5.69 Å². The summed E-state index contributed by atoms with van der Waals surface area (Å²) in [5.41, 5.74) is 4.01. The van der Waals surface area contributed by atoms with Gasteiger partial charge in [0.2, 0.25) is 0 Å². The Hall–Kier alpha value is -2.93. The van der Waals surface area contributed by atoms with Crippen molar-refractivity contribution in [2.45, 2.75) is 0 Å². The molecule has 1 heterocycles. The second-order valence-electron chi connectivity index (χ2n) is 5.47. The van der Waals surface area contributed by atoms with Crippen LogP contribution in [0.2, 0.25) is 0 Å². The van der Waals surface area contributed by atoms with E-state index in [1.165, 1.54) is 11.1 Å². The Balaban J connectivity index is 1.59. The van der Waals surface area contributed by atoms with Crippen molar-refractivity contribution in [2.75, 3.05) is 18.1 Å². The van der Waals surface area contributed by atoms with Crippen molar-refractivity contribution in [3.8, 4) is 5.75 Å². The third-order valence-electron chi connectivity index (χ3n) is 3.59. The number of para-hydroxylation sites is 2. The lowest BCUT2D eigenvalue weighted by Gasteiger charge is -2.28. The molecule has 1 aliphatic rings. The summed E-state index contributed by atoms with van der Waals surface area (Å²) in [5.74, 6) is -0.0868. The van der Waals surface area contributed by atoms with E-state index in [2.05, 4.69) is 26.5 Å². The average Bonchev–Trinajstić information content (AvgIpc) is 2.65. The molecule has 7 heteroatoms. The third-order valence-corrected chi connectivity index (χ3v) is 4.02. The number of hydrogen-bond acceptors (Lipinski definition) is 4. The van der Waals surface area contributed by atoms with Crippen molar-refractivity contribution >= 4 is 45.7 Å². The van der Waals surface area contributed by atoms with Gasteiger partial charge in [0.05, 0.1) is 11.9 Å². The number of halogens is 1. The van der Waals surface area contributed by atoms with E-state index in [1.54, 1.807) is 18.2 Å². The standard InChI is InChI=1S/C19H16BrN3O3/c20-15(10-14-6-2-1-3-7-14)11-21-22-18(24)12-23-16-8-4-5-9-17(16)26-13-19(23)25/h1-11H,12-13H2,(H,22,24)/b15-10-,21-11-. The first-order chi connectivity index (χ1) is 12.6. The van der Waals surface area contributed by atoms with Gasteiger partial charge in [0.1, 0.15) is 12.3 Å². The molecule has 0 atom stereocenters. The fourth-order valence-electron chi connectivity index (χ4n) is 2.42. The van der Waals surface area contributed by atoms with Crippen LogP contribution in [-0.4, -0.2) is 31.2 Å². The molecular formula is C19H16BrN3O3. The highest BCUT2D eigenvalue weighted by Gasteiger charge is 2.26. The van der Waals surface area contributed by atoms with Crippen LogP contribution in [0.1, 0.15) is 5.56 Å². The number of benzene rings is 2. The van der Waals surface area contributed by atoms with Crippen molar-refractivity contribution in [1.82, 2.24) is 5.43 Å². The van der Waals surface area contributed by atoms with Gasteiger partial charge in [-0.1, -0.05) is 42.5 Å². The minimum Gasteiger partial charge on any atom is -0.482 e. The molecule has 6 nitrogen and oxygen atoms in total. The Kier molecular flexibility index (Phi) is 5.80. The minimum absolute atomic E-state index is 0.0844. The minimum atomic E-state index is -0.397. The highest BCUT2D eigenvalue weighted by Crippen LogP contribution is 2.31. The molecule has 0 aliphatic carbocycles. The summed E-state index contributed by atoms with van der Waals surface area (Å²) in [7, 11) is 0. The fraction of sp³-hybridized carbons (Fsp3) is 0.105. The Morgan fingerprint density at radius 3 is 2.73 bits per heavy atom. The molecule has 2 aromatic rings.